The highest BCUT2D eigenvalue weighted by Crippen LogP contribution is 2.41. The molecule has 1 atom stereocenters. The van der Waals surface area contributed by atoms with E-state index in [0.717, 1.165) is 17.3 Å². The number of benzene rings is 2. The van der Waals surface area contributed by atoms with E-state index in [1.807, 2.05) is 62.4 Å². The van der Waals surface area contributed by atoms with E-state index in [2.05, 4.69) is 61.8 Å². The second-order valence-electron chi connectivity index (χ2n) is 7.80. The highest BCUT2D eigenvalue weighted by molar-refractivity contribution is 7.96. The van der Waals surface area contributed by atoms with Gasteiger partial charge in [-0.15, -0.1) is 11.3 Å². The molecule has 0 bridgehead atoms. The standard InChI is InChI=1S/C15H16FNS2.C10H10.C4H8/c1-10-5-3-4-6-11(10)13-8-17(2)9-14-12(13)7-15(18-14)19-16;1-2-3-7-10-8-5-4-6-9-10;1-3-4-2/h3-7,13H,8-9H2,1-2H3;2-9H,1H2;3-4H,1-2H3/b;7-3+;4-3-/t13-;;/m0../s1. The second kappa shape index (κ2) is 14.7. The van der Waals surface area contributed by atoms with Crippen molar-refractivity contribution in [3.8, 4) is 0 Å². The largest absolute Gasteiger partial charge is 0.300 e. The molecule has 0 unspecified atom stereocenters. The summed E-state index contributed by atoms with van der Waals surface area (Å²) in [7, 11) is 2.14. The van der Waals surface area contributed by atoms with Crippen LogP contribution in [0, 0.1) is 6.92 Å². The average Bonchev–Trinajstić information content (AvgIpc) is 3.27. The van der Waals surface area contributed by atoms with Crippen molar-refractivity contribution in [2.75, 3.05) is 13.6 Å². The van der Waals surface area contributed by atoms with Gasteiger partial charge in [0.05, 0.1) is 16.4 Å². The first-order valence-electron chi connectivity index (χ1n) is 11.1. The van der Waals surface area contributed by atoms with Gasteiger partial charge in [0.1, 0.15) is 0 Å². The summed E-state index contributed by atoms with van der Waals surface area (Å²) in [5.41, 5.74) is 5.21. The van der Waals surface area contributed by atoms with Gasteiger partial charge in [0, 0.05) is 23.9 Å². The van der Waals surface area contributed by atoms with Crippen molar-refractivity contribution in [3.05, 3.63) is 119 Å². The van der Waals surface area contributed by atoms with Gasteiger partial charge in [-0.25, -0.2) is 0 Å². The number of halogens is 1. The molecule has 1 aliphatic rings. The number of rotatable bonds is 4. The summed E-state index contributed by atoms with van der Waals surface area (Å²) in [4.78, 5) is 3.63. The summed E-state index contributed by atoms with van der Waals surface area (Å²) < 4.78 is 13.6. The lowest BCUT2D eigenvalue weighted by Gasteiger charge is -2.31. The van der Waals surface area contributed by atoms with Crippen LogP contribution in [-0.2, 0) is 6.54 Å². The minimum absolute atomic E-state index is 0.365. The number of likely N-dealkylation sites (N-methyl/N-ethyl adjacent to an activating group) is 1. The maximum absolute atomic E-state index is 12.8. The van der Waals surface area contributed by atoms with Gasteiger partial charge in [-0.1, -0.05) is 91.6 Å². The SMILES string of the molecule is C/C=C\C.C=C/C=C/c1ccccc1.Cc1ccccc1[C@@H]1CN(C)Cc2sc(SF)cc21. The first-order chi connectivity index (χ1) is 16.0. The van der Waals surface area contributed by atoms with Gasteiger partial charge in [0.25, 0.3) is 0 Å². The molecule has 4 rings (SSSR count). The summed E-state index contributed by atoms with van der Waals surface area (Å²) in [6, 6.07) is 20.7. The Morgan fingerprint density at radius 2 is 1.70 bits per heavy atom. The molecule has 174 valence electrons. The lowest BCUT2D eigenvalue weighted by molar-refractivity contribution is 0.299. The van der Waals surface area contributed by atoms with Gasteiger partial charge in [-0.2, -0.15) is 3.89 Å². The van der Waals surface area contributed by atoms with Crippen molar-refractivity contribution >= 4 is 29.6 Å². The number of aryl methyl sites for hydroxylation is 1. The minimum atomic E-state index is 0.365. The maximum Gasteiger partial charge on any atom is 0.0937 e. The lowest BCUT2D eigenvalue weighted by atomic mass is 9.86. The van der Waals surface area contributed by atoms with Crippen LogP contribution in [0.3, 0.4) is 0 Å². The molecule has 2 heterocycles. The van der Waals surface area contributed by atoms with Crippen molar-refractivity contribution < 1.29 is 3.89 Å². The zero-order valence-corrected chi connectivity index (χ0v) is 21.6. The van der Waals surface area contributed by atoms with Gasteiger partial charge in [-0.3, -0.25) is 0 Å². The minimum Gasteiger partial charge on any atom is -0.300 e. The number of allylic oxidation sites excluding steroid dienone is 4. The fraction of sp³-hybridized carbons (Fsp3) is 0.241. The van der Waals surface area contributed by atoms with Crippen LogP contribution in [0.4, 0.5) is 3.89 Å². The normalized spacial score (nSPS) is 15.4. The number of hydrogen-bond acceptors (Lipinski definition) is 3. The molecule has 0 N–H and O–H groups in total. The third kappa shape index (κ3) is 8.47. The Labute approximate surface area is 207 Å². The molecule has 0 saturated heterocycles. The van der Waals surface area contributed by atoms with Gasteiger partial charge >= 0.3 is 0 Å². The molecule has 4 heteroatoms. The molecule has 1 aliphatic heterocycles. The van der Waals surface area contributed by atoms with Gasteiger partial charge < -0.3 is 4.90 Å². The molecular weight excluding hydrogens is 445 g/mol. The molecule has 0 fully saturated rings. The zero-order valence-electron chi connectivity index (χ0n) is 20.0. The van der Waals surface area contributed by atoms with Gasteiger partial charge in [-0.05, 0) is 56.1 Å². The molecule has 0 spiro atoms. The third-order valence-electron chi connectivity index (χ3n) is 5.30. The van der Waals surface area contributed by atoms with Crippen molar-refractivity contribution in [2.24, 2.45) is 0 Å². The molecule has 33 heavy (non-hydrogen) atoms. The molecule has 2 aromatic carbocycles. The predicted molar refractivity (Wildman–Crippen MR) is 147 cm³/mol. The summed E-state index contributed by atoms with van der Waals surface area (Å²) in [5, 5.41) is 0. The van der Waals surface area contributed by atoms with Crippen LogP contribution in [-0.4, -0.2) is 18.5 Å². The predicted octanol–water partition coefficient (Wildman–Crippen LogP) is 9.08. The van der Waals surface area contributed by atoms with E-state index in [-0.39, 0.29) is 0 Å². The van der Waals surface area contributed by atoms with Crippen LogP contribution >= 0.6 is 23.5 Å². The molecule has 3 aromatic rings. The Morgan fingerprint density at radius 3 is 2.30 bits per heavy atom. The molecule has 1 nitrogen and oxygen atoms in total. The maximum atomic E-state index is 12.8. The first kappa shape index (κ1) is 26.8. The second-order valence-corrected chi connectivity index (χ2v) is 9.79. The number of thiophene rings is 1. The number of hydrogen-bond donors (Lipinski definition) is 0. The van der Waals surface area contributed by atoms with E-state index in [1.165, 1.54) is 27.1 Å². The van der Waals surface area contributed by atoms with E-state index in [0.29, 0.717) is 18.1 Å². The summed E-state index contributed by atoms with van der Waals surface area (Å²) in [6.07, 6.45) is 9.72. The van der Waals surface area contributed by atoms with Crippen LogP contribution in [0.5, 0.6) is 0 Å². The number of nitrogens with zero attached hydrogens (tertiary/aromatic N) is 1. The van der Waals surface area contributed by atoms with Crippen molar-refractivity contribution in [1.29, 1.82) is 0 Å². The van der Waals surface area contributed by atoms with E-state index in [1.54, 1.807) is 17.4 Å². The van der Waals surface area contributed by atoms with Gasteiger partial charge in [0.2, 0.25) is 0 Å². The average molecular weight is 480 g/mol. The monoisotopic (exact) mass is 479 g/mol. The fourth-order valence-corrected chi connectivity index (χ4v) is 5.21. The van der Waals surface area contributed by atoms with Crippen LogP contribution in [0.1, 0.15) is 46.9 Å². The lowest BCUT2D eigenvalue weighted by Crippen LogP contribution is -2.30. The molecule has 1 aromatic heterocycles. The number of fused-ring (bicyclic) bond motifs is 1. The molecule has 0 radical (unpaired) electrons. The first-order valence-corrected chi connectivity index (χ1v) is 12.6. The topological polar surface area (TPSA) is 3.24 Å². The highest BCUT2D eigenvalue weighted by atomic mass is 32.2. The zero-order chi connectivity index (χ0) is 24.1. The summed E-state index contributed by atoms with van der Waals surface area (Å²) in [5.74, 6) is 0.368. The molecule has 0 amide bonds. The Hall–Kier alpha value is -2.40. The van der Waals surface area contributed by atoms with Crippen LogP contribution < -0.4 is 0 Å². The van der Waals surface area contributed by atoms with E-state index < -0.39 is 0 Å². The van der Waals surface area contributed by atoms with Crippen LogP contribution in [0.25, 0.3) is 6.08 Å². The Morgan fingerprint density at radius 1 is 1.03 bits per heavy atom. The highest BCUT2D eigenvalue weighted by Gasteiger charge is 2.28. The van der Waals surface area contributed by atoms with E-state index >= 15 is 0 Å². The van der Waals surface area contributed by atoms with Crippen molar-refractivity contribution in [2.45, 2.75) is 37.4 Å². The van der Waals surface area contributed by atoms with Crippen LogP contribution in [0.15, 0.2) is 95.8 Å². The molecule has 0 saturated carbocycles. The third-order valence-corrected chi connectivity index (χ3v) is 6.94. The van der Waals surface area contributed by atoms with Crippen molar-refractivity contribution in [1.82, 2.24) is 4.90 Å². The van der Waals surface area contributed by atoms with Gasteiger partial charge in [0.15, 0.2) is 0 Å². The van der Waals surface area contributed by atoms with E-state index in [9.17, 15) is 3.89 Å². The van der Waals surface area contributed by atoms with Crippen LogP contribution in [0.2, 0.25) is 0 Å². The fourth-order valence-electron chi connectivity index (χ4n) is 3.58. The van der Waals surface area contributed by atoms with Crippen molar-refractivity contribution in [3.63, 3.8) is 0 Å². The summed E-state index contributed by atoms with van der Waals surface area (Å²) >= 11 is 1.95. The Bertz CT molecular complexity index is 1030. The Kier molecular flexibility index (Phi) is 12.0. The summed E-state index contributed by atoms with van der Waals surface area (Å²) in [6.45, 7) is 11.7. The quantitative estimate of drug-likeness (QED) is 0.271. The molecule has 0 aliphatic carbocycles. The smallest absolute Gasteiger partial charge is 0.0937 e. The Balaban J connectivity index is 0.000000231. The molecular formula is C29H34FNS2. The van der Waals surface area contributed by atoms with E-state index in [4.69, 9.17) is 0 Å².